The predicted molar refractivity (Wildman–Crippen MR) is 122 cm³/mol. The molecule has 7 heteroatoms. The van der Waals surface area contributed by atoms with Gasteiger partial charge in [0.25, 0.3) is 0 Å². The van der Waals surface area contributed by atoms with E-state index in [4.69, 9.17) is 15.2 Å². The Bertz CT molecular complexity index is 1060. The zero-order valence-corrected chi connectivity index (χ0v) is 17.6. The minimum Gasteiger partial charge on any atom is -0.497 e. The Morgan fingerprint density at radius 2 is 1.52 bits per heavy atom. The lowest BCUT2D eigenvalue weighted by atomic mass is 10.0. The van der Waals surface area contributed by atoms with Crippen molar-refractivity contribution >= 4 is 23.2 Å². The van der Waals surface area contributed by atoms with Gasteiger partial charge in [-0.25, -0.2) is 0 Å². The molecule has 7 nitrogen and oxygen atoms in total. The van der Waals surface area contributed by atoms with Gasteiger partial charge in [-0.2, -0.15) is 0 Å². The summed E-state index contributed by atoms with van der Waals surface area (Å²) in [5.41, 5.74) is 8.84. The highest BCUT2D eigenvalue weighted by atomic mass is 16.5. The van der Waals surface area contributed by atoms with Gasteiger partial charge in [0, 0.05) is 22.5 Å². The average molecular weight is 419 g/mol. The van der Waals surface area contributed by atoms with E-state index in [-0.39, 0.29) is 5.91 Å². The highest BCUT2D eigenvalue weighted by Crippen LogP contribution is 2.33. The van der Waals surface area contributed by atoms with Crippen LogP contribution >= 0.6 is 0 Å². The molecule has 4 N–H and O–H groups in total. The molecule has 0 aliphatic heterocycles. The molecule has 0 aliphatic rings. The summed E-state index contributed by atoms with van der Waals surface area (Å²) in [6.45, 7) is 1.77. The molecule has 0 saturated carbocycles. The Kier molecular flexibility index (Phi) is 6.77. The molecular formula is C24H25N3O4. The summed E-state index contributed by atoms with van der Waals surface area (Å²) in [4.78, 5) is 23.7. The van der Waals surface area contributed by atoms with Crippen LogP contribution in [0.5, 0.6) is 11.5 Å². The molecule has 0 bridgehead atoms. The molecule has 0 unspecified atom stereocenters. The fraction of sp³-hybridized carbons (Fsp3) is 0.167. The van der Waals surface area contributed by atoms with Crippen molar-refractivity contribution in [2.75, 3.05) is 24.9 Å². The van der Waals surface area contributed by atoms with Gasteiger partial charge < -0.3 is 25.8 Å². The summed E-state index contributed by atoms with van der Waals surface area (Å²) >= 11 is 0. The van der Waals surface area contributed by atoms with E-state index in [0.29, 0.717) is 11.3 Å². The van der Waals surface area contributed by atoms with Crippen LogP contribution in [0.15, 0.2) is 66.7 Å². The Labute approximate surface area is 181 Å². The Morgan fingerprint density at radius 3 is 2.10 bits per heavy atom. The van der Waals surface area contributed by atoms with Gasteiger partial charge in [0.15, 0.2) is 0 Å². The maximum absolute atomic E-state index is 12.6. The van der Waals surface area contributed by atoms with Crippen LogP contribution in [0, 0.1) is 0 Å². The molecule has 31 heavy (non-hydrogen) atoms. The first-order chi connectivity index (χ1) is 14.9. The highest BCUT2D eigenvalue weighted by Gasteiger charge is 2.15. The van der Waals surface area contributed by atoms with Gasteiger partial charge in [-0.1, -0.05) is 12.1 Å². The molecule has 0 heterocycles. The molecule has 0 fully saturated rings. The summed E-state index contributed by atoms with van der Waals surface area (Å²) in [6, 6.07) is 19.2. The molecule has 3 aromatic rings. The fourth-order valence-corrected chi connectivity index (χ4v) is 3.08. The number of primary amides is 1. The third-order valence-electron chi connectivity index (χ3n) is 4.81. The number of nitrogens with two attached hydrogens (primary N) is 1. The normalized spacial score (nSPS) is 11.3. The zero-order chi connectivity index (χ0) is 22.4. The Hall–Kier alpha value is -4.00. The van der Waals surface area contributed by atoms with E-state index in [1.807, 2.05) is 42.5 Å². The average Bonchev–Trinajstić information content (AvgIpc) is 2.79. The number of ether oxygens (including phenoxy) is 2. The van der Waals surface area contributed by atoms with E-state index >= 15 is 0 Å². The number of benzene rings is 3. The van der Waals surface area contributed by atoms with Crippen molar-refractivity contribution in [3.63, 3.8) is 0 Å². The second-order valence-electron chi connectivity index (χ2n) is 6.94. The predicted octanol–water partition coefficient (Wildman–Crippen LogP) is 3.91. The first-order valence-electron chi connectivity index (χ1n) is 9.71. The summed E-state index contributed by atoms with van der Waals surface area (Å²) in [5.74, 6) is 0.766. The number of amides is 2. The number of carbonyl (C=O) groups excluding carboxylic acids is 2. The quantitative estimate of drug-likeness (QED) is 0.514. The third kappa shape index (κ3) is 5.33. The second kappa shape index (κ2) is 9.67. The van der Waals surface area contributed by atoms with Crippen molar-refractivity contribution in [2.24, 2.45) is 5.73 Å². The van der Waals surface area contributed by atoms with Crippen molar-refractivity contribution in [1.82, 2.24) is 0 Å². The Morgan fingerprint density at radius 1 is 0.871 bits per heavy atom. The van der Waals surface area contributed by atoms with Crippen LogP contribution in [-0.4, -0.2) is 32.1 Å². The molecule has 3 rings (SSSR count). The van der Waals surface area contributed by atoms with Crippen LogP contribution in [0.3, 0.4) is 0 Å². The number of methoxy groups -OCH3 is 2. The van der Waals surface area contributed by atoms with Crippen LogP contribution in [0.25, 0.3) is 11.1 Å². The standard InChI is InChI=1S/C24H25N3O4/c1-15(24(29)27-18-8-4-17(5-9-18)23(25)28)26-19-10-13-22(31-3)21(14-19)16-6-11-20(30-2)12-7-16/h4-15,26H,1-3H3,(H2,25,28)(H,27,29)/t15-/m0/s1. The van der Waals surface area contributed by atoms with Crippen molar-refractivity contribution in [2.45, 2.75) is 13.0 Å². The summed E-state index contributed by atoms with van der Waals surface area (Å²) in [7, 11) is 3.24. The molecule has 2 amide bonds. The zero-order valence-electron chi connectivity index (χ0n) is 17.6. The SMILES string of the molecule is COc1ccc(-c2cc(N[C@@H](C)C(=O)Nc3ccc(C(N)=O)cc3)ccc2OC)cc1. The number of anilines is 2. The van der Waals surface area contributed by atoms with Gasteiger partial charge in [-0.3, -0.25) is 9.59 Å². The highest BCUT2D eigenvalue weighted by molar-refractivity contribution is 5.97. The number of hydrogen-bond donors (Lipinski definition) is 3. The van der Waals surface area contributed by atoms with Gasteiger partial charge in [0.05, 0.1) is 14.2 Å². The molecule has 3 aromatic carbocycles. The fourth-order valence-electron chi connectivity index (χ4n) is 3.08. The maximum atomic E-state index is 12.6. The monoisotopic (exact) mass is 419 g/mol. The van der Waals surface area contributed by atoms with Crippen LogP contribution in [0.1, 0.15) is 17.3 Å². The lowest BCUT2D eigenvalue weighted by Crippen LogP contribution is -2.31. The number of carbonyl (C=O) groups is 2. The number of nitrogens with one attached hydrogen (secondary N) is 2. The lowest BCUT2D eigenvalue weighted by Gasteiger charge is -2.17. The number of hydrogen-bond acceptors (Lipinski definition) is 5. The van der Waals surface area contributed by atoms with Gasteiger partial charge in [0.2, 0.25) is 11.8 Å². The third-order valence-corrected chi connectivity index (χ3v) is 4.81. The lowest BCUT2D eigenvalue weighted by molar-refractivity contribution is -0.116. The number of rotatable bonds is 8. The summed E-state index contributed by atoms with van der Waals surface area (Å²) in [5, 5.41) is 6.03. The van der Waals surface area contributed by atoms with Crippen molar-refractivity contribution < 1.29 is 19.1 Å². The largest absolute Gasteiger partial charge is 0.497 e. The minimum absolute atomic E-state index is 0.214. The van der Waals surface area contributed by atoms with Gasteiger partial charge >= 0.3 is 0 Å². The first kappa shape index (κ1) is 21.7. The van der Waals surface area contributed by atoms with Gasteiger partial charge in [-0.05, 0) is 67.1 Å². The van der Waals surface area contributed by atoms with Crippen molar-refractivity contribution in [1.29, 1.82) is 0 Å². The molecule has 0 aliphatic carbocycles. The van der Waals surface area contributed by atoms with Gasteiger partial charge in [0.1, 0.15) is 17.5 Å². The van der Waals surface area contributed by atoms with Crippen molar-refractivity contribution in [3.8, 4) is 22.6 Å². The molecule has 0 spiro atoms. The molecule has 1 atom stereocenters. The van der Waals surface area contributed by atoms with Crippen LogP contribution in [0.4, 0.5) is 11.4 Å². The molecule has 0 aromatic heterocycles. The molecular weight excluding hydrogens is 394 g/mol. The molecule has 160 valence electrons. The minimum atomic E-state index is -0.514. The van der Waals surface area contributed by atoms with E-state index in [9.17, 15) is 9.59 Å². The van der Waals surface area contributed by atoms with Crippen molar-refractivity contribution in [3.05, 3.63) is 72.3 Å². The first-order valence-corrected chi connectivity index (χ1v) is 9.71. The smallest absolute Gasteiger partial charge is 0.248 e. The van der Waals surface area contributed by atoms with Crippen LogP contribution in [0.2, 0.25) is 0 Å². The topological polar surface area (TPSA) is 103 Å². The Balaban J connectivity index is 1.73. The van der Waals surface area contributed by atoms with E-state index in [2.05, 4.69) is 10.6 Å². The van der Waals surface area contributed by atoms with E-state index < -0.39 is 11.9 Å². The second-order valence-corrected chi connectivity index (χ2v) is 6.94. The molecule has 0 saturated heterocycles. The van der Waals surface area contributed by atoms with E-state index in [0.717, 1.165) is 28.3 Å². The molecule has 0 radical (unpaired) electrons. The van der Waals surface area contributed by atoms with Gasteiger partial charge in [-0.15, -0.1) is 0 Å². The summed E-state index contributed by atoms with van der Waals surface area (Å²) < 4.78 is 10.7. The summed E-state index contributed by atoms with van der Waals surface area (Å²) in [6.07, 6.45) is 0. The van der Waals surface area contributed by atoms with E-state index in [1.54, 1.807) is 45.4 Å². The van der Waals surface area contributed by atoms with Crippen LogP contribution in [-0.2, 0) is 4.79 Å². The van der Waals surface area contributed by atoms with E-state index in [1.165, 1.54) is 0 Å². The van der Waals surface area contributed by atoms with Crippen LogP contribution < -0.4 is 25.8 Å². The maximum Gasteiger partial charge on any atom is 0.248 e.